The highest BCUT2D eigenvalue weighted by Gasteiger charge is 2.38. The highest BCUT2D eigenvalue weighted by atomic mass is 32.2. The van der Waals surface area contributed by atoms with Crippen LogP contribution in [0.5, 0.6) is 0 Å². The van der Waals surface area contributed by atoms with Gasteiger partial charge in [-0.3, -0.25) is 0 Å². The molecule has 0 aliphatic heterocycles. The lowest BCUT2D eigenvalue weighted by molar-refractivity contribution is 0.240. The lowest BCUT2D eigenvalue weighted by atomic mass is 10.0. The van der Waals surface area contributed by atoms with E-state index in [-0.39, 0.29) is 17.0 Å². The topological polar surface area (TPSA) is 38.7 Å². The van der Waals surface area contributed by atoms with Crippen LogP contribution >= 0.6 is 0 Å². The molecule has 1 aliphatic rings. The van der Waals surface area contributed by atoms with Crippen molar-refractivity contribution in [3.63, 3.8) is 0 Å². The van der Waals surface area contributed by atoms with Gasteiger partial charge in [0.1, 0.15) is 0 Å². The number of rotatable bonds is 8. The fraction of sp³-hybridized carbons (Fsp3) is 0.680. The third kappa shape index (κ3) is 6.79. The number of allylic oxidation sites excluding steroid dienone is 1. The van der Waals surface area contributed by atoms with Crippen LogP contribution in [-0.2, 0) is 14.2 Å². The molecule has 0 spiro atoms. The second-order valence-electron chi connectivity index (χ2n) is 10.7. The molecule has 1 aliphatic carbocycles. The largest absolute Gasteiger partial charge is 0.415 e. The van der Waals surface area contributed by atoms with E-state index in [1.807, 2.05) is 12.1 Å². The number of benzene rings is 1. The Balaban J connectivity index is 2.41. The van der Waals surface area contributed by atoms with Gasteiger partial charge in [-0.25, -0.2) is 8.57 Å². The zero-order valence-corrected chi connectivity index (χ0v) is 22.3. The minimum atomic E-state index is -2.54. The molecule has 0 fully saturated rings. The first-order chi connectivity index (χ1) is 13.8. The summed E-state index contributed by atoms with van der Waals surface area (Å²) < 4.78 is 25.9. The fourth-order valence-corrected chi connectivity index (χ4v) is 6.74. The molecule has 1 unspecified atom stereocenters. The molecule has 1 aromatic rings. The maximum atomic E-state index is 14.4. The van der Waals surface area contributed by atoms with Crippen molar-refractivity contribution in [1.29, 1.82) is 0 Å². The van der Waals surface area contributed by atoms with E-state index in [2.05, 4.69) is 72.8 Å². The third-order valence-electron chi connectivity index (χ3n) is 6.65. The van der Waals surface area contributed by atoms with Crippen LogP contribution < -0.4 is 0 Å². The Morgan fingerprint density at radius 1 is 1.13 bits per heavy atom. The first-order valence-electron chi connectivity index (χ1n) is 11.5. The fourth-order valence-electron chi connectivity index (χ4n) is 3.29. The molecule has 30 heavy (non-hydrogen) atoms. The zero-order chi connectivity index (χ0) is 22.6. The van der Waals surface area contributed by atoms with Gasteiger partial charge in [0.15, 0.2) is 8.32 Å². The average Bonchev–Trinajstić information content (AvgIpc) is 2.65. The zero-order valence-electron chi connectivity index (χ0n) is 20.5. The van der Waals surface area contributed by atoms with Gasteiger partial charge in [-0.2, -0.15) is 0 Å². The Hall–Kier alpha value is -0.913. The molecule has 0 N–H and O–H groups in total. The summed E-state index contributed by atoms with van der Waals surface area (Å²) >= 11 is 0. The van der Waals surface area contributed by atoms with Crippen molar-refractivity contribution in [2.24, 2.45) is 10.3 Å². The molecule has 0 saturated heterocycles. The molecular weight excluding hydrogens is 406 g/mol. The Bertz CT molecular complexity index is 841. The first kappa shape index (κ1) is 25.3. The molecule has 170 valence electrons. The number of hydrogen-bond acceptors (Lipinski definition) is 3. The summed E-state index contributed by atoms with van der Waals surface area (Å²) in [5.74, 6) is 0.834. The average molecular weight is 450 g/mol. The smallest absolute Gasteiger partial charge is 0.192 e. The van der Waals surface area contributed by atoms with Gasteiger partial charge in [-0.15, -0.1) is 0 Å². The molecule has 0 bridgehead atoms. The highest BCUT2D eigenvalue weighted by molar-refractivity contribution is 7.93. The van der Waals surface area contributed by atoms with Crippen molar-refractivity contribution in [3.8, 4) is 0 Å². The van der Waals surface area contributed by atoms with Gasteiger partial charge in [-0.1, -0.05) is 64.0 Å². The van der Waals surface area contributed by atoms with E-state index in [4.69, 9.17) is 8.79 Å². The summed E-state index contributed by atoms with van der Waals surface area (Å²) in [6.07, 6.45) is 6.87. The summed E-state index contributed by atoms with van der Waals surface area (Å²) in [4.78, 5) is 0.859. The van der Waals surface area contributed by atoms with Crippen molar-refractivity contribution >= 4 is 18.0 Å². The highest BCUT2D eigenvalue weighted by Crippen LogP contribution is 2.37. The predicted molar refractivity (Wildman–Crippen MR) is 133 cm³/mol. The molecule has 5 heteroatoms. The lowest BCUT2D eigenvalue weighted by Crippen LogP contribution is -2.43. The van der Waals surface area contributed by atoms with E-state index >= 15 is 0 Å². The quantitative estimate of drug-likeness (QED) is 0.307. The first-order valence-corrected chi connectivity index (χ1v) is 16.1. The number of nitrogens with zero attached hydrogens (tertiary/aromatic N) is 1. The standard InChI is InChI=1S/C25H43NO2SSi/c1-20(2)24(18-28-30(7,8)25(4,5)6)26-29(27,19-22-12-10-9-11-13-22)23-16-14-21(3)15-17-23/h12,14-17,20,24H,9-11,13,18-19H2,1-8H3/t24-,29?/m1/s1. The monoisotopic (exact) mass is 449 g/mol. The van der Waals surface area contributed by atoms with Gasteiger partial charge in [0, 0.05) is 4.90 Å². The van der Waals surface area contributed by atoms with Crippen LogP contribution in [0.15, 0.2) is 45.2 Å². The summed E-state index contributed by atoms with van der Waals surface area (Å²) in [5.41, 5.74) is 2.49. The summed E-state index contributed by atoms with van der Waals surface area (Å²) in [5, 5.41) is 0.153. The maximum Gasteiger partial charge on any atom is 0.192 e. The van der Waals surface area contributed by atoms with Crippen molar-refractivity contribution in [1.82, 2.24) is 0 Å². The van der Waals surface area contributed by atoms with Crippen molar-refractivity contribution in [2.45, 2.75) is 96.3 Å². The van der Waals surface area contributed by atoms with Crippen LogP contribution in [-0.4, -0.2) is 30.9 Å². The van der Waals surface area contributed by atoms with Gasteiger partial charge in [0.05, 0.1) is 28.1 Å². The van der Waals surface area contributed by atoms with E-state index < -0.39 is 18.0 Å². The van der Waals surface area contributed by atoms with Gasteiger partial charge < -0.3 is 4.43 Å². The van der Waals surface area contributed by atoms with Crippen molar-refractivity contribution in [3.05, 3.63) is 41.5 Å². The van der Waals surface area contributed by atoms with Crippen LogP contribution in [0.25, 0.3) is 0 Å². The molecule has 2 atom stereocenters. The van der Waals surface area contributed by atoms with Crippen LogP contribution in [0, 0.1) is 12.8 Å². The van der Waals surface area contributed by atoms with E-state index in [1.54, 1.807) is 0 Å². The minimum absolute atomic E-state index is 0.0721. The summed E-state index contributed by atoms with van der Waals surface area (Å²) in [6, 6.07) is 8.05. The second-order valence-corrected chi connectivity index (χ2v) is 17.8. The molecule has 0 heterocycles. The molecule has 0 amide bonds. The van der Waals surface area contributed by atoms with Gasteiger partial charge >= 0.3 is 0 Å². The van der Waals surface area contributed by atoms with Crippen molar-refractivity contribution < 1.29 is 8.63 Å². The van der Waals surface area contributed by atoms with Gasteiger partial charge in [0.2, 0.25) is 0 Å². The Morgan fingerprint density at radius 2 is 1.77 bits per heavy atom. The molecule has 2 rings (SSSR count). The van der Waals surface area contributed by atoms with Crippen molar-refractivity contribution in [2.75, 3.05) is 12.4 Å². The van der Waals surface area contributed by atoms with E-state index in [1.165, 1.54) is 24.0 Å². The van der Waals surface area contributed by atoms with Gasteiger partial charge in [-0.05, 0) is 68.8 Å². The van der Waals surface area contributed by atoms with Gasteiger partial charge in [0.25, 0.3) is 0 Å². The maximum absolute atomic E-state index is 14.4. The van der Waals surface area contributed by atoms with Crippen LogP contribution in [0.4, 0.5) is 0 Å². The Morgan fingerprint density at radius 3 is 2.27 bits per heavy atom. The van der Waals surface area contributed by atoms with Crippen LogP contribution in [0.3, 0.4) is 0 Å². The second kappa shape index (κ2) is 10.1. The minimum Gasteiger partial charge on any atom is -0.415 e. The lowest BCUT2D eigenvalue weighted by Gasteiger charge is -2.37. The van der Waals surface area contributed by atoms with Crippen LogP contribution in [0.2, 0.25) is 18.1 Å². The van der Waals surface area contributed by atoms with Crippen LogP contribution in [0.1, 0.15) is 65.9 Å². The van der Waals surface area contributed by atoms with E-state index in [0.29, 0.717) is 12.4 Å². The SMILES string of the molecule is Cc1ccc(S(=O)(CC2=CCCCC2)=N[C@H](CO[Si](C)(C)C(C)(C)C)C(C)C)cc1. The summed E-state index contributed by atoms with van der Waals surface area (Å²) in [7, 11) is -4.42. The molecule has 1 aromatic carbocycles. The predicted octanol–water partition coefficient (Wildman–Crippen LogP) is 7.37. The number of aryl methyl sites for hydroxylation is 1. The number of hydrogen-bond donors (Lipinski definition) is 0. The molecule has 0 saturated carbocycles. The molecule has 3 nitrogen and oxygen atoms in total. The third-order valence-corrected chi connectivity index (χ3v) is 13.5. The molecule has 0 aromatic heterocycles. The Kier molecular flexibility index (Phi) is 8.57. The normalized spacial score (nSPS) is 18.6. The van der Waals surface area contributed by atoms with E-state index in [9.17, 15) is 4.21 Å². The molecule has 0 radical (unpaired) electrons. The molecular formula is C25H43NO2SSi. The Labute approximate surface area is 187 Å². The summed E-state index contributed by atoms with van der Waals surface area (Å²) in [6.45, 7) is 18.3. The van der Waals surface area contributed by atoms with E-state index in [0.717, 1.165) is 17.7 Å².